The zero-order chi connectivity index (χ0) is 17.4. The van der Waals surface area contributed by atoms with E-state index in [1.165, 1.54) is 0 Å². The Labute approximate surface area is 142 Å². The molecule has 126 valence electrons. The normalized spacial score (nSPS) is 10.8. The summed E-state index contributed by atoms with van der Waals surface area (Å²) in [4.78, 5) is 12.0. The standard InChI is InChI=1S/C19H22N2O3/c1-14(2)13-24-17-9-7-15(8-10-17)12-20-21-19(22)16-5-4-6-18(11-16)23-3/h4-12,14H,13H2,1-3H3,(H,21,22)/b20-12-. The van der Waals surface area contributed by atoms with Gasteiger partial charge in [-0.3, -0.25) is 4.79 Å². The molecule has 0 heterocycles. The van der Waals surface area contributed by atoms with Gasteiger partial charge in [-0.15, -0.1) is 0 Å². The van der Waals surface area contributed by atoms with Gasteiger partial charge in [0.2, 0.25) is 0 Å². The Morgan fingerprint density at radius 1 is 1.17 bits per heavy atom. The van der Waals surface area contributed by atoms with E-state index < -0.39 is 0 Å². The first-order chi connectivity index (χ1) is 11.6. The Bertz CT molecular complexity index is 694. The lowest BCUT2D eigenvalue weighted by atomic mass is 10.2. The van der Waals surface area contributed by atoms with Crippen molar-refractivity contribution in [1.29, 1.82) is 0 Å². The molecule has 5 nitrogen and oxygen atoms in total. The fourth-order valence-corrected chi connectivity index (χ4v) is 1.91. The van der Waals surface area contributed by atoms with Crippen LogP contribution < -0.4 is 14.9 Å². The van der Waals surface area contributed by atoms with Crippen molar-refractivity contribution >= 4 is 12.1 Å². The first kappa shape index (κ1) is 17.5. The number of benzene rings is 2. The summed E-state index contributed by atoms with van der Waals surface area (Å²) in [5.74, 6) is 1.64. The Morgan fingerprint density at radius 3 is 2.58 bits per heavy atom. The molecule has 0 bridgehead atoms. The number of amides is 1. The van der Waals surface area contributed by atoms with Gasteiger partial charge in [0.15, 0.2) is 0 Å². The topological polar surface area (TPSA) is 59.9 Å². The number of hydrazone groups is 1. The van der Waals surface area contributed by atoms with Crippen LogP contribution in [0.1, 0.15) is 29.8 Å². The monoisotopic (exact) mass is 326 g/mol. The highest BCUT2D eigenvalue weighted by atomic mass is 16.5. The van der Waals surface area contributed by atoms with E-state index in [0.29, 0.717) is 23.8 Å². The van der Waals surface area contributed by atoms with Crippen LogP contribution in [0.25, 0.3) is 0 Å². The second-order valence-corrected chi connectivity index (χ2v) is 5.70. The van der Waals surface area contributed by atoms with Crippen molar-refractivity contribution in [2.75, 3.05) is 13.7 Å². The molecule has 0 aromatic heterocycles. The highest BCUT2D eigenvalue weighted by Gasteiger charge is 2.04. The van der Waals surface area contributed by atoms with Gasteiger partial charge in [-0.2, -0.15) is 5.10 Å². The van der Waals surface area contributed by atoms with E-state index in [1.54, 1.807) is 37.6 Å². The summed E-state index contributed by atoms with van der Waals surface area (Å²) in [5, 5.41) is 3.97. The van der Waals surface area contributed by atoms with Crippen LogP contribution in [0.2, 0.25) is 0 Å². The molecule has 0 unspecified atom stereocenters. The minimum Gasteiger partial charge on any atom is -0.497 e. The smallest absolute Gasteiger partial charge is 0.271 e. The van der Waals surface area contributed by atoms with E-state index in [1.807, 2.05) is 24.3 Å². The highest BCUT2D eigenvalue weighted by molar-refractivity contribution is 5.95. The van der Waals surface area contributed by atoms with Gasteiger partial charge in [0.05, 0.1) is 19.9 Å². The molecular formula is C19H22N2O3. The molecule has 0 aliphatic heterocycles. The maximum absolute atomic E-state index is 12.0. The van der Waals surface area contributed by atoms with Crippen LogP contribution in [0.5, 0.6) is 11.5 Å². The van der Waals surface area contributed by atoms with Gasteiger partial charge in [0.1, 0.15) is 11.5 Å². The van der Waals surface area contributed by atoms with Gasteiger partial charge in [-0.1, -0.05) is 19.9 Å². The minimum atomic E-state index is -0.290. The second kappa shape index (κ2) is 8.72. The molecule has 0 radical (unpaired) electrons. The third kappa shape index (κ3) is 5.43. The van der Waals surface area contributed by atoms with Crippen LogP contribution in [0, 0.1) is 5.92 Å². The molecule has 0 spiro atoms. The first-order valence-corrected chi connectivity index (χ1v) is 7.79. The lowest BCUT2D eigenvalue weighted by Crippen LogP contribution is -2.17. The number of rotatable bonds is 7. The van der Waals surface area contributed by atoms with Crippen LogP contribution in [0.4, 0.5) is 0 Å². The number of hydrogen-bond donors (Lipinski definition) is 1. The van der Waals surface area contributed by atoms with Gasteiger partial charge in [0.25, 0.3) is 5.91 Å². The van der Waals surface area contributed by atoms with E-state index in [0.717, 1.165) is 11.3 Å². The maximum atomic E-state index is 12.0. The number of methoxy groups -OCH3 is 1. The molecule has 1 N–H and O–H groups in total. The molecule has 2 aromatic carbocycles. The van der Waals surface area contributed by atoms with Crippen molar-refractivity contribution in [2.24, 2.45) is 11.0 Å². The third-order valence-corrected chi connectivity index (χ3v) is 3.18. The molecule has 0 saturated carbocycles. The number of nitrogens with one attached hydrogen (secondary N) is 1. The summed E-state index contributed by atoms with van der Waals surface area (Å²) in [5.41, 5.74) is 3.86. The zero-order valence-electron chi connectivity index (χ0n) is 14.2. The summed E-state index contributed by atoms with van der Waals surface area (Å²) in [6.07, 6.45) is 1.59. The summed E-state index contributed by atoms with van der Waals surface area (Å²) in [6, 6.07) is 14.4. The van der Waals surface area contributed by atoms with E-state index in [-0.39, 0.29) is 5.91 Å². The van der Waals surface area contributed by atoms with Crippen LogP contribution in [-0.2, 0) is 0 Å². The van der Waals surface area contributed by atoms with Crippen molar-refractivity contribution in [3.05, 3.63) is 59.7 Å². The van der Waals surface area contributed by atoms with Crippen molar-refractivity contribution in [2.45, 2.75) is 13.8 Å². The highest BCUT2D eigenvalue weighted by Crippen LogP contribution is 2.13. The third-order valence-electron chi connectivity index (χ3n) is 3.18. The van der Waals surface area contributed by atoms with Crippen molar-refractivity contribution in [3.8, 4) is 11.5 Å². The summed E-state index contributed by atoms with van der Waals surface area (Å²) in [7, 11) is 1.56. The fourth-order valence-electron chi connectivity index (χ4n) is 1.91. The molecule has 5 heteroatoms. The Morgan fingerprint density at radius 2 is 1.92 bits per heavy atom. The Balaban J connectivity index is 1.90. The van der Waals surface area contributed by atoms with Crippen LogP contribution in [0.15, 0.2) is 53.6 Å². The van der Waals surface area contributed by atoms with Gasteiger partial charge >= 0.3 is 0 Å². The number of carbonyl (C=O) groups is 1. The van der Waals surface area contributed by atoms with Crippen LogP contribution in [0.3, 0.4) is 0 Å². The minimum absolute atomic E-state index is 0.290. The van der Waals surface area contributed by atoms with Gasteiger partial charge < -0.3 is 9.47 Å². The van der Waals surface area contributed by atoms with Gasteiger partial charge in [-0.25, -0.2) is 5.43 Å². The predicted octanol–water partition coefficient (Wildman–Crippen LogP) is 3.49. The Hall–Kier alpha value is -2.82. The molecule has 24 heavy (non-hydrogen) atoms. The largest absolute Gasteiger partial charge is 0.497 e. The van der Waals surface area contributed by atoms with E-state index in [4.69, 9.17) is 9.47 Å². The molecule has 0 aliphatic carbocycles. The summed E-state index contributed by atoms with van der Waals surface area (Å²) < 4.78 is 10.7. The molecule has 2 aromatic rings. The quantitative estimate of drug-likeness (QED) is 0.626. The number of nitrogens with zero attached hydrogens (tertiary/aromatic N) is 1. The van der Waals surface area contributed by atoms with Crippen molar-refractivity contribution in [3.63, 3.8) is 0 Å². The SMILES string of the molecule is COc1cccc(C(=O)N/N=C\c2ccc(OCC(C)C)cc2)c1. The number of hydrogen-bond acceptors (Lipinski definition) is 4. The summed E-state index contributed by atoms with van der Waals surface area (Å²) >= 11 is 0. The molecule has 1 amide bonds. The second-order valence-electron chi connectivity index (χ2n) is 5.70. The number of ether oxygens (including phenoxy) is 2. The molecule has 0 atom stereocenters. The fraction of sp³-hybridized carbons (Fsp3) is 0.263. The summed E-state index contributed by atoms with van der Waals surface area (Å²) in [6.45, 7) is 4.89. The molecule has 2 rings (SSSR count). The number of carbonyl (C=O) groups excluding carboxylic acids is 1. The average molecular weight is 326 g/mol. The van der Waals surface area contributed by atoms with Crippen molar-refractivity contribution in [1.82, 2.24) is 5.43 Å². The molecular weight excluding hydrogens is 304 g/mol. The average Bonchev–Trinajstić information content (AvgIpc) is 2.61. The molecule has 0 fully saturated rings. The van der Waals surface area contributed by atoms with E-state index >= 15 is 0 Å². The van der Waals surface area contributed by atoms with Crippen molar-refractivity contribution < 1.29 is 14.3 Å². The van der Waals surface area contributed by atoms with Gasteiger partial charge in [-0.05, 0) is 53.9 Å². The van der Waals surface area contributed by atoms with E-state index in [9.17, 15) is 4.79 Å². The lowest BCUT2D eigenvalue weighted by molar-refractivity contribution is 0.0955. The molecule has 0 saturated heterocycles. The molecule has 0 aliphatic rings. The maximum Gasteiger partial charge on any atom is 0.271 e. The van der Waals surface area contributed by atoms with E-state index in [2.05, 4.69) is 24.4 Å². The van der Waals surface area contributed by atoms with Gasteiger partial charge in [0, 0.05) is 5.56 Å². The Kier molecular flexibility index (Phi) is 6.37. The predicted molar refractivity (Wildman–Crippen MR) is 94.8 cm³/mol. The lowest BCUT2D eigenvalue weighted by Gasteiger charge is -2.08. The van der Waals surface area contributed by atoms with Crippen LogP contribution in [-0.4, -0.2) is 25.8 Å². The van der Waals surface area contributed by atoms with Crippen LogP contribution >= 0.6 is 0 Å². The first-order valence-electron chi connectivity index (χ1n) is 7.79. The zero-order valence-corrected chi connectivity index (χ0v) is 14.2.